The lowest BCUT2D eigenvalue weighted by Crippen LogP contribution is -2.20. The van der Waals surface area contributed by atoms with Gasteiger partial charge in [0.2, 0.25) is 0 Å². The van der Waals surface area contributed by atoms with E-state index in [0.29, 0.717) is 5.57 Å². The van der Waals surface area contributed by atoms with Crippen molar-refractivity contribution in [2.45, 2.75) is 19.4 Å². The lowest BCUT2D eigenvalue weighted by Gasteiger charge is -2.00. The summed E-state index contributed by atoms with van der Waals surface area (Å²) in [5.41, 5.74) is -2.89. The number of alkyl halides is 3. The number of sulfone groups is 1. The third-order valence-corrected chi connectivity index (χ3v) is 1.90. The summed E-state index contributed by atoms with van der Waals surface area (Å²) in [6.45, 7) is 2.89. The Labute approximate surface area is 68.3 Å². The van der Waals surface area contributed by atoms with Crippen LogP contribution in [-0.2, 0) is 9.84 Å². The fraction of sp³-hybridized carbons (Fsp3) is 0.500. The Balaban J connectivity index is 5.08. The lowest BCUT2D eigenvalue weighted by molar-refractivity contribution is -0.0423. The summed E-state index contributed by atoms with van der Waals surface area (Å²) >= 11 is 0. The van der Waals surface area contributed by atoms with Crippen LogP contribution >= 0.6 is 0 Å². The molecule has 70 valence electrons. The fourth-order valence-electron chi connectivity index (χ4n) is 0.262. The predicted molar refractivity (Wildman–Crippen MR) is 37.9 cm³/mol. The van der Waals surface area contributed by atoms with Crippen LogP contribution in [0.5, 0.6) is 0 Å². The molecule has 0 rings (SSSR count). The van der Waals surface area contributed by atoms with Crippen molar-refractivity contribution >= 4 is 9.84 Å². The summed E-state index contributed by atoms with van der Waals surface area (Å²) in [5, 5.41) is 0.0301. The molecule has 0 amide bonds. The van der Waals surface area contributed by atoms with Crippen molar-refractivity contribution in [3.63, 3.8) is 0 Å². The second-order valence-electron chi connectivity index (χ2n) is 2.25. The van der Waals surface area contributed by atoms with E-state index in [4.69, 9.17) is 0 Å². The molecule has 6 heteroatoms. The first-order valence-corrected chi connectivity index (χ1v) is 4.43. The molecule has 0 N–H and O–H groups in total. The van der Waals surface area contributed by atoms with Crippen molar-refractivity contribution in [1.29, 1.82) is 0 Å². The molecule has 0 atom stereocenters. The van der Waals surface area contributed by atoms with E-state index in [9.17, 15) is 21.6 Å². The van der Waals surface area contributed by atoms with Crippen LogP contribution in [0.1, 0.15) is 13.8 Å². The van der Waals surface area contributed by atoms with Gasteiger partial charge in [-0.2, -0.15) is 13.2 Å². The fourth-order valence-corrected chi connectivity index (χ4v) is 0.787. The SMILES string of the molecule is CC(C)=C=CS(=O)(=O)C(F)(F)F. The van der Waals surface area contributed by atoms with E-state index in [1.165, 1.54) is 13.8 Å². The Kier molecular flexibility index (Phi) is 3.12. The van der Waals surface area contributed by atoms with Crippen LogP contribution in [0.3, 0.4) is 0 Å². The minimum absolute atomic E-state index is 0.0301. The van der Waals surface area contributed by atoms with E-state index in [1.54, 1.807) is 0 Å². The quantitative estimate of drug-likeness (QED) is 0.606. The first kappa shape index (κ1) is 11.3. The monoisotopic (exact) mass is 200 g/mol. The van der Waals surface area contributed by atoms with Gasteiger partial charge in [0, 0.05) is 0 Å². The van der Waals surface area contributed by atoms with Crippen molar-refractivity contribution in [2.24, 2.45) is 0 Å². The largest absolute Gasteiger partial charge is 0.501 e. The summed E-state index contributed by atoms with van der Waals surface area (Å²) < 4.78 is 55.4. The Morgan fingerprint density at radius 2 is 1.75 bits per heavy atom. The van der Waals surface area contributed by atoms with E-state index in [-0.39, 0.29) is 5.41 Å². The van der Waals surface area contributed by atoms with E-state index in [0.717, 1.165) is 0 Å². The van der Waals surface area contributed by atoms with Gasteiger partial charge in [-0.1, -0.05) is 0 Å². The molecule has 0 saturated heterocycles. The maximum absolute atomic E-state index is 11.6. The van der Waals surface area contributed by atoms with Gasteiger partial charge >= 0.3 is 5.51 Å². The van der Waals surface area contributed by atoms with Crippen molar-refractivity contribution in [2.75, 3.05) is 0 Å². The highest BCUT2D eigenvalue weighted by Gasteiger charge is 2.43. The molecular formula is C6H7F3O2S. The molecule has 12 heavy (non-hydrogen) atoms. The van der Waals surface area contributed by atoms with Crippen molar-refractivity contribution < 1.29 is 21.6 Å². The average molecular weight is 200 g/mol. The summed E-state index contributed by atoms with van der Waals surface area (Å²) in [5.74, 6) is 0. The van der Waals surface area contributed by atoms with Gasteiger partial charge in [0.15, 0.2) is 0 Å². The van der Waals surface area contributed by atoms with Crippen LogP contribution in [-0.4, -0.2) is 13.9 Å². The Bertz CT molecular complexity index is 313. The average Bonchev–Trinajstić information content (AvgIpc) is 1.81. The highest BCUT2D eigenvalue weighted by Crippen LogP contribution is 2.24. The summed E-state index contributed by atoms with van der Waals surface area (Å²) in [7, 11) is -5.15. The van der Waals surface area contributed by atoms with Gasteiger partial charge in [-0.15, -0.1) is 5.73 Å². The molecule has 0 fully saturated rings. The minimum atomic E-state index is -5.23. The molecule has 0 aromatic rings. The molecule has 0 bridgehead atoms. The van der Waals surface area contributed by atoms with Gasteiger partial charge in [0.1, 0.15) is 0 Å². The molecule has 2 nitrogen and oxygen atoms in total. The first-order chi connectivity index (χ1) is 5.17. The maximum atomic E-state index is 11.6. The predicted octanol–water partition coefficient (Wildman–Crippen LogP) is 2.00. The van der Waals surface area contributed by atoms with E-state index in [1.807, 2.05) is 5.73 Å². The van der Waals surface area contributed by atoms with Crippen LogP contribution in [0.2, 0.25) is 0 Å². The maximum Gasteiger partial charge on any atom is 0.501 e. The van der Waals surface area contributed by atoms with Crippen LogP contribution in [0.15, 0.2) is 16.7 Å². The lowest BCUT2D eigenvalue weighted by atomic mass is 10.4. The van der Waals surface area contributed by atoms with Crippen LogP contribution in [0.25, 0.3) is 0 Å². The Hall–Kier alpha value is -0.740. The van der Waals surface area contributed by atoms with Gasteiger partial charge in [-0.3, -0.25) is 0 Å². The molecule has 0 aliphatic heterocycles. The molecular weight excluding hydrogens is 193 g/mol. The Morgan fingerprint density at radius 3 is 2.00 bits per heavy atom. The molecule has 0 aliphatic carbocycles. The molecule has 0 unspecified atom stereocenters. The molecule has 0 aromatic heterocycles. The van der Waals surface area contributed by atoms with E-state index >= 15 is 0 Å². The molecule has 0 radical (unpaired) electrons. The topological polar surface area (TPSA) is 34.1 Å². The smallest absolute Gasteiger partial charge is 0.214 e. The Morgan fingerprint density at radius 1 is 1.33 bits per heavy atom. The van der Waals surface area contributed by atoms with Crippen LogP contribution in [0, 0.1) is 0 Å². The second kappa shape index (κ2) is 3.33. The molecule has 0 heterocycles. The van der Waals surface area contributed by atoms with Crippen LogP contribution in [0.4, 0.5) is 13.2 Å². The van der Waals surface area contributed by atoms with Gasteiger partial charge in [-0.25, -0.2) is 8.42 Å². The zero-order valence-electron chi connectivity index (χ0n) is 6.44. The molecule has 0 spiro atoms. The number of rotatable bonds is 1. The van der Waals surface area contributed by atoms with Crippen molar-refractivity contribution in [3.05, 3.63) is 16.7 Å². The highest BCUT2D eigenvalue weighted by molar-refractivity contribution is 7.95. The second-order valence-corrected chi connectivity index (χ2v) is 4.04. The normalized spacial score (nSPS) is 12.1. The van der Waals surface area contributed by atoms with Crippen molar-refractivity contribution in [3.8, 4) is 0 Å². The highest BCUT2D eigenvalue weighted by atomic mass is 32.2. The van der Waals surface area contributed by atoms with E-state index in [2.05, 4.69) is 0 Å². The number of allylic oxidation sites excluding steroid dienone is 1. The van der Waals surface area contributed by atoms with Gasteiger partial charge in [-0.05, 0) is 19.4 Å². The summed E-state index contributed by atoms with van der Waals surface area (Å²) in [6, 6.07) is 0. The van der Waals surface area contributed by atoms with Crippen LogP contribution < -0.4 is 0 Å². The molecule has 0 aromatic carbocycles. The minimum Gasteiger partial charge on any atom is -0.214 e. The van der Waals surface area contributed by atoms with Crippen molar-refractivity contribution in [1.82, 2.24) is 0 Å². The van der Waals surface area contributed by atoms with E-state index < -0.39 is 15.3 Å². The summed E-state index contributed by atoms with van der Waals surface area (Å²) in [6.07, 6.45) is 0. The third-order valence-electron chi connectivity index (χ3n) is 0.825. The molecule has 0 aliphatic rings. The van der Waals surface area contributed by atoms with Gasteiger partial charge in [0.05, 0.1) is 5.41 Å². The van der Waals surface area contributed by atoms with Gasteiger partial charge in [0.25, 0.3) is 9.84 Å². The number of hydrogen-bond donors (Lipinski definition) is 0. The summed E-state index contributed by atoms with van der Waals surface area (Å²) in [4.78, 5) is 0. The number of halogens is 3. The zero-order chi connectivity index (χ0) is 9.99. The first-order valence-electron chi connectivity index (χ1n) is 2.88. The third kappa shape index (κ3) is 3.11. The standard InChI is InChI=1S/C6H7F3O2S/c1-5(2)3-4-12(10,11)6(7,8)9/h4H,1-2H3. The number of hydrogen-bond acceptors (Lipinski definition) is 2. The van der Waals surface area contributed by atoms with Gasteiger partial charge < -0.3 is 0 Å². The molecule has 0 saturated carbocycles. The zero-order valence-corrected chi connectivity index (χ0v) is 7.25.